The number of aromatic nitrogens is 1. The molecule has 1 aromatic heterocycles. The number of aryl methyl sites for hydroxylation is 2. The lowest BCUT2D eigenvalue weighted by Gasteiger charge is -2.35. The van der Waals surface area contributed by atoms with Crippen LogP contribution in [-0.4, -0.2) is 35.8 Å². The van der Waals surface area contributed by atoms with Crippen LogP contribution in [0.15, 0.2) is 48.5 Å². The Hall–Kier alpha value is -2.80. The van der Waals surface area contributed by atoms with E-state index in [1.54, 1.807) is 0 Å². The Balaban J connectivity index is 1.70. The van der Waals surface area contributed by atoms with Crippen LogP contribution in [-0.2, 0) is 19.5 Å². The molecule has 1 unspecified atom stereocenters. The van der Waals surface area contributed by atoms with E-state index in [2.05, 4.69) is 129 Å². The predicted molar refractivity (Wildman–Crippen MR) is 187 cm³/mol. The van der Waals surface area contributed by atoms with Gasteiger partial charge in [0.25, 0.3) is 0 Å². The second kappa shape index (κ2) is 11.2. The standard InChI is InChI=1S/C39H52BNO4/c1-25-15-17-28-29-18-16-26(2)21-32(29)41(31(28)20-25)33-23-27(37(6,7)24-36(3,4)5)22-30(35(33)43-34-14-12-13-19-42-34)40-44-38(8,9)39(10,11)45-40/h15-18,20-23,34H,12-14,19,24H2,1-11H3. The van der Waals surface area contributed by atoms with Gasteiger partial charge in [-0.15, -0.1) is 0 Å². The van der Waals surface area contributed by atoms with Crippen molar-refractivity contribution < 1.29 is 18.8 Å². The van der Waals surface area contributed by atoms with Crippen molar-refractivity contribution in [3.8, 4) is 11.4 Å². The van der Waals surface area contributed by atoms with Gasteiger partial charge in [0.2, 0.25) is 0 Å². The average Bonchev–Trinajstić information content (AvgIpc) is 3.35. The number of fused-ring (bicyclic) bond motifs is 3. The van der Waals surface area contributed by atoms with Crippen molar-refractivity contribution in [1.82, 2.24) is 4.57 Å². The predicted octanol–water partition coefficient (Wildman–Crippen LogP) is 9.32. The first-order valence-corrected chi connectivity index (χ1v) is 16.8. The number of rotatable bonds is 6. The lowest BCUT2D eigenvalue weighted by atomic mass is 9.69. The Morgan fingerprint density at radius 1 is 0.822 bits per heavy atom. The van der Waals surface area contributed by atoms with Crippen molar-refractivity contribution >= 4 is 34.4 Å². The molecule has 2 aliphatic heterocycles. The summed E-state index contributed by atoms with van der Waals surface area (Å²) in [5.41, 5.74) is 6.96. The van der Waals surface area contributed by atoms with Crippen molar-refractivity contribution in [2.45, 2.75) is 125 Å². The smallest absolute Gasteiger partial charge is 0.463 e. The average molecular weight is 610 g/mol. The molecular formula is C39H52BNO4. The SMILES string of the molecule is Cc1ccc2c3ccc(C)cc3n(-c3cc(C(C)(C)CC(C)(C)C)cc(B4OC(C)(C)C(C)(C)O4)c3OC3CCCCO3)c2c1. The molecular weight excluding hydrogens is 557 g/mol. The zero-order chi connectivity index (χ0) is 32.5. The summed E-state index contributed by atoms with van der Waals surface area (Å²) in [6, 6.07) is 18.2. The molecule has 4 aromatic rings. The monoisotopic (exact) mass is 609 g/mol. The molecule has 0 spiro atoms. The number of ether oxygens (including phenoxy) is 2. The van der Waals surface area contributed by atoms with E-state index >= 15 is 0 Å². The van der Waals surface area contributed by atoms with Gasteiger partial charge in [-0.3, -0.25) is 0 Å². The fourth-order valence-corrected chi connectivity index (χ4v) is 7.33. The zero-order valence-electron chi connectivity index (χ0n) is 29.4. The first-order valence-electron chi connectivity index (χ1n) is 16.8. The van der Waals surface area contributed by atoms with Crippen LogP contribution >= 0.6 is 0 Å². The molecule has 0 saturated carbocycles. The third-order valence-corrected chi connectivity index (χ3v) is 10.1. The number of hydrogen-bond donors (Lipinski definition) is 0. The molecule has 0 radical (unpaired) electrons. The van der Waals surface area contributed by atoms with E-state index in [4.69, 9.17) is 18.8 Å². The number of hydrogen-bond acceptors (Lipinski definition) is 4. The van der Waals surface area contributed by atoms with Gasteiger partial charge in [0.05, 0.1) is 34.5 Å². The largest absolute Gasteiger partial charge is 0.498 e. The molecule has 2 saturated heterocycles. The molecule has 0 bridgehead atoms. The van der Waals surface area contributed by atoms with Crippen LogP contribution in [0.1, 0.15) is 105 Å². The van der Waals surface area contributed by atoms with Gasteiger partial charge in [-0.1, -0.05) is 65.0 Å². The maximum absolute atomic E-state index is 7.01. The first-order chi connectivity index (χ1) is 21.0. The Bertz CT molecular complexity index is 1660. The summed E-state index contributed by atoms with van der Waals surface area (Å²) < 4.78 is 29.2. The molecule has 2 aliphatic rings. The van der Waals surface area contributed by atoms with Crippen LogP contribution in [0.4, 0.5) is 0 Å². The van der Waals surface area contributed by atoms with Crippen LogP contribution in [0, 0.1) is 19.3 Å². The summed E-state index contributed by atoms with van der Waals surface area (Å²) in [6.45, 7) is 25.2. The van der Waals surface area contributed by atoms with Crippen molar-refractivity contribution in [1.29, 1.82) is 0 Å². The van der Waals surface area contributed by atoms with Gasteiger partial charge in [-0.2, -0.15) is 0 Å². The normalized spacial score (nSPS) is 20.3. The topological polar surface area (TPSA) is 41.9 Å². The number of benzene rings is 3. The van der Waals surface area contributed by atoms with Crippen LogP contribution in [0.2, 0.25) is 0 Å². The molecule has 2 fully saturated rings. The van der Waals surface area contributed by atoms with Gasteiger partial charge in [0.15, 0.2) is 6.29 Å². The lowest BCUT2D eigenvalue weighted by molar-refractivity contribution is -0.105. The van der Waals surface area contributed by atoms with Crippen LogP contribution in [0.25, 0.3) is 27.5 Å². The van der Waals surface area contributed by atoms with Crippen molar-refractivity contribution in [3.63, 3.8) is 0 Å². The molecule has 6 heteroatoms. The molecule has 0 aliphatic carbocycles. The molecule has 0 N–H and O–H groups in total. The van der Waals surface area contributed by atoms with Crippen LogP contribution in [0.3, 0.4) is 0 Å². The van der Waals surface area contributed by atoms with E-state index in [-0.39, 0.29) is 17.1 Å². The molecule has 5 nitrogen and oxygen atoms in total. The van der Waals surface area contributed by atoms with Gasteiger partial charge in [-0.25, -0.2) is 0 Å². The van der Waals surface area contributed by atoms with Gasteiger partial charge in [0, 0.05) is 22.7 Å². The van der Waals surface area contributed by atoms with Gasteiger partial charge < -0.3 is 23.3 Å². The van der Waals surface area contributed by atoms with Crippen LogP contribution < -0.4 is 10.2 Å². The zero-order valence-corrected chi connectivity index (χ0v) is 29.4. The summed E-state index contributed by atoms with van der Waals surface area (Å²) in [4.78, 5) is 0. The molecule has 0 amide bonds. The van der Waals surface area contributed by atoms with E-state index in [1.807, 2.05) is 0 Å². The highest BCUT2D eigenvalue weighted by Crippen LogP contribution is 2.43. The fourth-order valence-electron chi connectivity index (χ4n) is 7.33. The molecule has 45 heavy (non-hydrogen) atoms. The van der Waals surface area contributed by atoms with Crippen molar-refractivity contribution in [2.24, 2.45) is 5.41 Å². The van der Waals surface area contributed by atoms with E-state index in [1.165, 1.54) is 27.5 Å². The lowest BCUT2D eigenvalue weighted by Crippen LogP contribution is -2.41. The quantitative estimate of drug-likeness (QED) is 0.204. The Morgan fingerprint density at radius 2 is 1.40 bits per heavy atom. The van der Waals surface area contributed by atoms with E-state index in [0.717, 1.165) is 53.6 Å². The number of nitrogens with zero attached hydrogens (tertiary/aromatic N) is 1. The van der Waals surface area contributed by atoms with Gasteiger partial charge >= 0.3 is 7.12 Å². The summed E-state index contributed by atoms with van der Waals surface area (Å²) in [5, 5.41) is 2.46. The van der Waals surface area contributed by atoms with Gasteiger partial charge in [-0.05, 0) is 107 Å². The van der Waals surface area contributed by atoms with Crippen molar-refractivity contribution in [2.75, 3.05) is 6.61 Å². The summed E-state index contributed by atoms with van der Waals surface area (Å²) >= 11 is 0. The second-order valence-corrected chi connectivity index (χ2v) is 16.4. The summed E-state index contributed by atoms with van der Waals surface area (Å²) in [7, 11) is -0.589. The highest BCUT2D eigenvalue weighted by molar-refractivity contribution is 6.63. The minimum atomic E-state index is -0.589. The Kier molecular flexibility index (Phi) is 7.99. The second-order valence-electron chi connectivity index (χ2n) is 16.4. The molecule has 1 atom stereocenters. The van der Waals surface area contributed by atoms with E-state index in [9.17, 15) is 0 Å². The first kappa shape index (κ1) is 32.2. The third kappa shape index (κ3) is 6.06. The molecule has 240 valence electrons. The summed E-state index contributed by atoms with van der Waals surface area (Å²) in [5.74, 6) is 0.775. The molecule has 3 aromatic carbocycles. The van der Waals surface area contributed by atoms with Crippen molar-refractivity contribution in [3.05, 3.63) is 65.2 Å². The van der Waals surface area contributed by atoms with Gasteiger partial charge in [0.1, 0.15) is 5.75 Å². The van der Waals surface area contributed by atoms with E-state index in [0.29, 0.717) is 6.61 Å². The Labute approximate surface area is 270 Å². The fraction of sp³-hybridized carbons (Fsp3) is 0.538. The highest BCUT2D eigenvalue weighted by Gasteiger charge is 2.53. The summed E-state index contributed by atoms with van der Waals surface area (Å²) in [6.07, 6.45) is 3.67. The minimum absolute atomic E-state index is 0.129. The third-order valence-electron chi connectivity index (χ3n) is 10.1. The Morgan fingerprint density at radius 3 is 1.91 bits per heavy atom. The minimum Gasteiger partial charge on any atom is -0.463 e. The maximum Gasteiger partial charge on any atom is 0.498 e. The van der Waals surface area contributed by atoms with Crippen LogP contribution in [0.5, 0.6) is 5.75 Å². The highest BCUT2D eigenvalue weighted by atomic mass is 16.7. The molecule has 3 heterocycles. The molecule has 6 rings (SSSR count). The maximum atomic E-state index is 7.01. The van der Waals surface area contributed by atoms with E-state index < -0.39 is 18.3 Å².